The molecule has 6 heteroatoms. The zero-order chi connectivity index (χ0) is 14.9. The average Bonchev–Trinajstić information content (AvgIpc) is 2.68. The Bertz CT molecular complexity index is 699. The number of imidazole rings is 1. The first kappa shape index (κ1) is 14.3. The number of hydrogen-bond donors (Lipinski definition) is 1. The molecule has 1 aromatic heterocycles. The highest BCUT2D eigenvalue weighted by molar-refractivity contribution is 5.77. The van der Waals surface area contributed by atoms with Gasteiger partial charge in [-0.15, -0.1) is 0 Å². The number of hydrogen-bond acceptors (Lipinski definition) is 4. The topological polar surface area (TPSA) is 79.2 Å². The van der Waals surface area contributed by atoms with Crippen molar-refractivity contribution >= 4 is 17.0 Å². The maximum absolute atomic E-state index is 11.9. The highest BCUT2D eigenvalue weighted by Crippen LogP contribution is 2.21. The molecule has 6 nitrogen and oxygen atoms in total. The number of aromatic nitrogens is 2. The minimum atomic E-state index is -0.270. The van der Waals surface area contributed by atoms with Crippen molar-refractivity contribution in [2.24, 2.45) is 19.8 Å². The fourth-order valence-corrected chi connectivity index (χ4v) is 2.30. The van der Waals surface area contributed by atoms with Gasteiger partial charge in [0.1, 0.15) is 0 Å². The zero-order valence-electron chi connectivity index (χ0n) is 11.9. The van der Waals surface area contributed by atoms with Gasteiger partial charge in [0.2, 0.25) is 0 Å². The van der Waals surface area contributed by atoms with E-state index in [1.54, 1.807) is 23.2 Å². The quantitative estimate of drug-likeness (QED) is 0.839. The lowest BCUT2D eigenvalue weighted by molar-refractivity contribution is -0.140. The molecule has 0 aliphatic rings. The molecule has 2 rings (SSSR count). The van der Waals surface area contributed by atoms with Crippen LogP contribution in [-0.2, 0) is 23.6 Å². The van der Waals surface area contributed by atoms with Gasteiger partial charge >= 0.3 is 11.7 Å². The summed E-state index contributed by atoms with van der Waals surface area (Å²) in [5.41, 5.74) is 8.62. The van der Waals surface area contributed by atoms with Crippen LogP contribution in [0.1, 0.15) is 24.4 Å². The van der Waals surface area contributed by atoms with E-state index < -0.39 is 0 Å². The number of aryl methyl sites for hydroxylation is 2. The molecule has 0 fully saturated rings. The summed E-state index contributed by atoms with van der Waals surface area (Å²) >= 11 is 0. The summed E-state index contributed by atoms with van der Waals surface area (Å²) in [6.45, 7) is 0. The van der Waals surface area contributed by atoms with Gasteiger partial charge in [0.05, 0.1) is 18.1 Å². The highest BCUT2D eigenvalue weighted by atomic mass is 16.5. The zero-order valence-corrected chi connectivity index (χ0v) is 11.9. The van der Waals surface area contributed by atoms with Crippen molar-refractivity contribution in [1.29, 1.82) is 0 Å². The lowest BCUT2D eigenvalue weighted by Crippen LogP contribution is -2.19. The van der Waals surface area contributed by atoms with E-state index in [2.05, 4.69) is 4.74 Å². The first-order valence-corrected chi connectivity index (χ1v) is 6.43. The molecule has 1 heterocycles. The number of nitrogens with two attached hydrogens (primary N) is 1. The molecule has 0 saturated carbocycles. The van der Waals surface area contributed by atoms with E-state index in [-0.39, 0.29) is 24.1 Å². The molecular weight excluding hydrogens is 258 g/mol. The summed E-state index contributed by atoms with van der Waals surface area (Å²) in [6, 6.07) is 5.42. The van der Waals surface area contributed by atoms with Crippen molar-refractivity contribution in [2.45, 2.75) is 18.9 Å². The van der Waals surface area contributed by atoms with Crippen molar-refractivity contribution in [1.82, 2.24) is 9.13 Å². The van der Waals surface area contributed by atoms with Crippen LogP contribution in [0.3, 0.4) is 0 Å². The van der Waals surface area contributed by atoms with Gasteiger partial charge in [-0.05, 0) is 24.1 Å². The number of methoxy groups -OCH3 is 1. The Hall–Kier alpha value is -2.08. The standard InChI is InChI=1S/C14H19N3O3/c1-16-11-6-4-9(8-12(11)17(2)14(16)19)10(15)5-7-13(18)20-3/h4,6,8,10H,5,7,15H2,1-3H3. The Balaban J connectivity index is 2.30. The van der Waals surface area contributed by atoms with Crippen LogP contribution in [0.5, 0.6) is 0 Å². The number of carbonyl (C=O) groups is 1. The maximum atomic E-state index is 11.9. The molecular formula is C14H19N3O3. The molecule has 0 radical (unpaired) electrons. The van der Waals surface area contributed by atoms with Gasteiger partial charge in [-0.25, -0.2) is 4.79 Å². The van der Waals surface area contributed by atoms with Crippen molar-refractivity contribution in [3.8, 4) is 0 Å². The molecule has 0 amide bonds. The number of fused-ring (bicyclic) bond motifs is 1. The maximum Gasteiger partial charge on any atom is 0.328 e. The Morgan fingerprint density at radius 2 is 1.95 bits per heavy atom. The summed E-state index contributed by atoms with van der Waals surface area (Å²) in [4.78, 5) is 23.0. The Morgan fingerprint density at radius 3 is 2.60 bits per heavy atom. The van der Waals surface area contributed by atoms with E-state index in [4.69, 9.17) is 5.73 Å². The molecule has 20 heavy (non-hydrogen) atoms. The third-order valence-electron chi connectivity index (χ3n) is 3.61. The van der Waals surface area contributed by atoms with Gasteiger partial charge in [0, 0.05) is 26.6 Å². The van der Waals surface area contributed by atoms with E-state index in [1.165, 1.54) is 7.11 Å². The molecule has 1 atom stereocenters. The minimum absolute atomic E-state index is 0.0692. The van der Waals surface area contributed by atoms with E-state index in [9.17, 15) is 9.59 Å². The van der Waals surface area contributed by atoms with Crippen LogP contribution < -0.4 is 11.4 Å². The van der Waals surface area contributed by atoms with Crippen LogP contribution in [0.25, 0.3) is 11.0 Å². The number of rotatable bonds is 4. The Kier molecular flexibility index (Phi) is 3.94. The van der Waals surface area contributed by atoms with Crippen LogP contribution in [0.15, 0.2) is 23.0 Å². The van der Waals surface area contributed by atoms with Crippen molar-refractivity contribution in [3.63, 3.8) is 0 Å². The van der Waals surface area contributed by atoms with Gasteiger partial charge < -0.3 is 10.5 Å². The van der Waals surface area contributed by atoms with Crippen LogP contribution in [0.2, 0.25) is 0 Å². The van der Waals surface area contributed by atoms with Crippen molar-refractivity contribution in [2.75, 3.05) is 7.11 Å². The molecule has 0 aliphatic heterocycles. The molecule has 0 aliphatic carbocycles. The average molecular weight is 277 g/mol. The second-order valence-corrected chi connectivity index (χ2v) is 4.87. The van der Waals surface area contributed by atoms with Crippen LogP contribution in [0.4, 0.5) is 0 Å². The van der Waals surface area contributed by atoms with Crippen LogP contribution >= 0.6 is 0 Å². The smallest absolute Gasteiger partial charge is 0.328 e. The second-order valence-electron chi connectivity index (χ2n) is 4.87. The number of nitrogens with zero attached hydrogens (tertiary/aromatic N) is 2. The largest absolute Gasteiger partial charge is 0.469 e. The van der Waals surface area contributed by atoms with E-state index in [0.29, 0.717) is 6.42 Å². The summed E-state index contributed by atoms with van der Waals surface area (Å²) in [7, 11) is 4.83. The highest BCUT2D eigenvalue weighted by Gasteiger charge is 2.13. The molecule has 2 N–H and O–H groups in total. The minimum Gasteiger partial charge on any atom is -0.469 e. The number of ether oxygens (including phenoxy) is 1. The molecule has 1 unspecified atom stereocenters. The van der Waals surface area contributed by atoms with Gasteiger partial charge in [-0.1, -0.05) is 6.07 Å². The Morgan fingerprint density at radius 1 is 1.30 bits per heavy atom. The first-order chi connectivity index (χ1) is 9.45. The molecule has 0 bridgehead atoms. The van der Waals surface area contributed by atoms with E-state index in [0.717, 1.165) is 16.6 Å². The normalized spacial score (nSPS) is 12.6. The molecule has 1 aromatic carbocycles. The SMILES string of the molecule is COC(=O)CCC(N)c1ccc2c(c1)n(C)c(=O)n2C. The van der Waals surface area contributed by atoms with Crippen molar-refractivity contribution in [3.05, 3.63) is 34.2 Å². The fourth-order valence-electron chi connectivity index (χ4n) is 2.30. The van der Waals surface area contributed by atoms with Crippen LogP contribution in [-0.4, -0.2) is 22.2 Å². The lowest BCUT2D eigenvalue weighted by atomic mass is 10.0. The van der Waals surface area contributed by atoms with E-state index >= 15 is 0 Å². The van der Waals surface area contributed by atoms with E-state index in [1.807, 2.05) is 18.2 Å². The Labute approximate surface area is 116 Å². The van der Waals surface area contributed by atoms with Crippen LogP contribution in [0, 0.1) is 0 Å². The summed E-state index contributed by atoms with van der Waals surface area (Å²) in [6.07, 6.45) is 0.794. The number of carbonyl (C=O) groups excluding carboxylic acids is 1. The summed E-state index contributed by atoms with van der Waals surface area (Å²) < 4.78 is 7.79. The van der Waals surface area contributed by atoms with Gasteiger partial charge in [-0.2, -0.15) is 0 Å². The molecule has 108 valence electrons. The summed E-state index contributed by atoms with van der Waals surface area (Å²) in [5, 5.41) is 0. The van der Waals surface area contributed by atoms with Crippen molar-refractivity contribution < 1.29 is 9.53 Å². The van der Waals surface area contributed by atoms with Gasteiger partial charge in [0.15, 0.2) is 0 Å². The molecule has 0 saturated heterocycles. The first-order valence-electron chi connectivity index (χ1n) is 6.43. The monoisotopic (exact) mass is 277 g/mol. The van der Waals surface area contributed by atoms with Gasteiger partial charge in [0.25, 0.3) is 0 Å². The lowest BCUT2D eigenvalue weighted by Gasteiger charge is -2.11. The third-order valence-corrected chi connectivity index (χ3v) is 3.61. The summed E-state index contributed by atoms with van der Waals surface area (Å²) in [5.74, 6) is -0.270. The van der Waals surface area contributed by atoms with Gasteiger partial charge in [-0.3, -0.25) is 13.9 Å². The molecule has 2 aromatic rings. The predicted molar refractivity (Wildman–Crippen MR) is 76.3 cm³/mol. The second kappa shape index (κ2) is 5.50. The number of esters is 1. The third kappa shape index (κ3) is 2.46. The molecule has 0 spiro atoms. The fraction of sp³-hybridized carbons (Fsp3) is 0.429. The predicted octanol–water partition coefficient (Wildman–Crippen LogP) is 0.830. The number of benzene rings is 1.